The highest BCUT2D eigenvalue weighted by Gasteiger charge is 2.24. The van der Waals surface area contributed by atoms with E-state index in [0.29, 0.717) is 12.6 Å². The van der Waals surface area contributed by atoms with E-state index in [1.807, 2.05) is 6.92 Å². The number of hydrogen-bond donors (Lipinski definition) is 1. The Balaban J connectivity index is 2.38. The summed E-state index contributed by atoms with van der Waals surface area (Å²) in [6.45, 7) is 8.61. The van der Waals surface area contributed by atoms with E-state index in [1.165, 1.54) is 25.7 Å². The zero-order valence-corrected chi connectivity index (χ0v) is 14.4. The zero-order chi connectivity index (χ0) is 15.7. The molecule has 0 aromatic heterocycles. The molecule has 0 radical (unpaired) electrons. The van der Waals surface area contributed by atoms with Gasteiger partial charge in [0, 0.05) is 12.6 Å². The summed E-state index contributed by atoms with van der Waals surface area (Å²) < 4.78 is 5.17. The smallest absolute Gasteiger partial charge is 0.323 e. The van der Waals surface area contributed by atoms with Crippen LogP contribution in [-0.2, 0) is 9.53 Å². The molecule has 0 spiro atoms. The highest BCUT2D eigenvalue weighted by atomic mass is 16.5. The van der Waals surface area contributed by atoms with Gasteiger partial charge in [0.25, 0.3) is 0 Å². The maximum absolute atomic E-state index is 12.0. The molecule has 0 heterocycles. The Morgan fingerprint density at radius 2 is 1.95 bits per heavy atom. The van der Waals surface area contributed by atoms with Crippen molar-refractivity contribution in [2.24, 2.45) is 5.92 Å². The Morgan fingerprint density at radius 1 is 1.29 bits per heavy atom. The molecule has 1 atom stereocenters. The quantitative estimate of drug-likeness (QED) is 0.665. The molecule has 0 saturated heterocycles. The fraction of sp³-hybridized carbons (Fsp3) is 0.941. The van der Waals surface area contributed by atoms with Gasteiger partial charge < -0.3 is 15.0 Å². The minimum atomic E-state index is -0.158. The largest absolute Gasteiger partial charge is 0.465 e. The fourth-order valence-electron chi connectivity index (χ4n) is 3.06. The second-order valence-electron chi connectivity index (χ2n) is 6.44. The van der Waals surface area contributed by atoms with E-state index in [-0.39, 0.29) is 12.0 Å². The van der Waals surface area contributed by atoms with E-state index < -0.39 is 0 Å². The molecule has 0 aliphatic heterocycles. The molecule has 1 saturated carbocycles. The summed E-state index contributed by atoms with van der Waals surface area (Å²) in [6.07, 6.45) is 7.14. The first kappa shape index (κ1) is 18.4. The Bertz CT molecular complexity index is 289. The van der Waals surface area contributed by atoms with Gasteiger partial charge in [0.15, 0.2) is 0 Å². The van der Waals surface area contributed by atoms with Crippen molar-refractivity contribution in [2.45, 2.75) is 71.4 Å². The van der Waals surface area contributed by atoms with Gasteiger partial charge in [-0.3, -0.25) is 4.79 Å². The molecule has 1 fully saturated rings. The molecule has 4 nitrogen and oxygen atoms in total. The molecule has 124 valence electrons. The standard InChI is InChI=1S/C17H34N2O2/c1-5-12-18-16(17(20)21-6-2)11-13-19(4)15-9-7-14(3)8-10-15/h14-16,18H,5-13H2,1-4H3. The monoisotopic (exact) mass is 298 g/mol. The van der Waals surface area contributed by atoms with Crippen LogP contribution in [0.5, 0.6) is 0 Å². The van der Waals surface area contributed by atoms with Gasteiger partial charge in [0.1, 0.15) is 6.04 Å². The van der Waals surface area contributed by atoms with E-state index in [4.69, 9.17) is 4.74 Å². The van der Waals surface area contributed by atoms with E-state index >= 15 is 0 Å². The number of carbonyl (C=O) groups excluding carboxylic acids is 1. The number of nitrogens with zero attached hydrogens (tertiary/aromatic N) is 1. The van der Waals surface area contributed by atoms with E-state index in [9.17, 15) is 4.79 Å². The summed E-state index contributed by atoms with van der Waals surface area (Å²) >= 11 is 0. The van der Waals surface area contributed by atoms with Crippen molar-refractivity contribution >= 4 is 5.97 Å². The fourth-order valence-corrected chi connectivity index (χ4v) is 3.06. The average molecular weight is 298 g/mol. The van der Waals surface area contributed by atoms with Crippen LogP contribution >= 0.6 is 0 Å². The third-order valence-electron chi connectivity index (χ3n) is 4.59. The SMILES string of the molecule is CCCNC(CCN(C)C1CCC(C)CC1)C(=O)OCC. The van der Waals surface area contributed by atoms with Crippen LogP contribution in [0.4, 0.5) is 0 Å². The molecule has 0 aromatic carbocycles. The summed E-state index contributed by atoms with van der Waals surface area (Å²) in [5.74, 6) is 0.782. The normalized spacial score (nSPS) is 24.0. The molecule has 1 aliphatic rings. The lowest BCUT2D eigenvalue weighted by Crippen LogP contribution is -2.43. The molecular formula is C17H34N2O2. The molecule has 21 heavy (non-hydrogen) atoms. The summed E-state index contributed by atoms with van der Waals surface area (Å²) in [5, 5.41) is 3.32. The lowest BCUT2D eigenvalue weighted by Gasteiger charge is -2.34. The van der Waals surface area contributed by atoms with Crippen molar-refractivity contribution in [2.75, 3.05) is 26.7 Å². The Kier molecular flexibility index (Phi) is 8.93. The van der Waals surface area contributed by atoms with Crippen LogP contribution in [0.3, 0.4) is 0 Å². The average Bonchev–Trinajstić information content (AvgIpc) is 2.48. The molecule has 4 heteroatoms. The van der Waals surface area contributed by atoms with Gasteiger partial charge >= 0.3 is 5.97 Å². The molecule has 1 aliphatic carbocycles. The van der Waals surface area contributed by atoms with Gasteiger partial charge in [-0.1, -0.05) is 13.8 Å². The van der Waals surface area contributed by atoms with E-state index in [2.05, 4.69) is 31.1 Å². The van der Waals surface area contributed by atoms with Crippen molar-refractivity contribution < 1.29 is 9.53 Å². The summed E-state index contributed by atoms with van der Waals surface area (Å²) in [6, 6.07) is 0.532. The predicted octanol–water partition coefficient (Wildman–Crippen LogP) is 2.82. The van der Waals surface area contributed by atoms with Crippen LogP contribution in [-0.4, -0.2) is 49.7 Å². The summed E-state index contributed by atoms with van der Waals surface area (Å²) in [5.41, 5.74) is 0. The predicted molar refractivity (Wildman–Crippen MR) is 87.4 cm³/mol. The lowest BCUT2D eigenvalue weighted by atomic mass is 9.86. The number of rotatable bonds is 9. The zero-order valence-electron chi connectivity index (χ0n) is 14.4. The molecule has 1 unspecified atom stereocenters. The number of esters is 1. The molecule has 1 rings (SSSR count). The molecule has 1 N–H and O–H groups in total. The van der Waals surface area contributed by atoms with Gasteiger partial charge in [0.2, 0.25) is 0 Å². The first-order valence-electron chi connectivity index (χ1n) is 8.68. The van der Waals surface area contributed by atoms with Crippen LogP contribution in [0.15, 0.2) is 0 Å². The lowest BCUT2D eigenvalue weighted by molar-refractivity contribution is -0.146. The van der Waals surface area contributed by atoms with Gasteiger partial charge in [-0.05, 0) is 65.0 Å². The molecule has 0 amide bonds. The maximum Gasteiger partial charge on any atom is 0.323 e. The first-order valence-corrected chi connectivity index (χ1v) is 8.68. The third-order valence-corrected chi connectivity index (χ3v) is 4.59. The van der Waals surface area contributed by atoms with Crippen molar-refractivity contribution in [3.05, 3.63) is 0 Å². The van der Waals surface area contributed by atoms with Crippen molar-refractivity contribution in [3.63, 3.8) is 0 Å². The molecule has 0 bridgehead atoms. The van der Waals surface area contributed by atoms with Crippen LogP contribution in [0, 0.1) is 5.92 Å². The second kappa shape index (κ2) is 10.2. The third kappa shape index (κ3) is 6.79. The molecular weight excluding hydrogens is 264 g/mol. The summed E-state index contributed by atoms with van der Waals surface area (Å²) in [7, 11) is 2.20. The van der Waals surface area contributed by atoms with Gasteiger partial charge in [-0.25, -0.2) is 0 Å². The number of nitrogens with one attached hydrogen (secondary N) is 1. The minimum Gasteiger partial charge on any atom is -0.465 e. The first-order chi connectivity index (χ1) is 10.1. The van der Waals surface area contributed by atoms with E-state index in [0.717, 1.165) is 31.8 Å². The number of ether oxygens (including phenoxy) is 1. The van der Waals surface area contributed by atoms with Crippen LogP contribution in [0.1, 0.15) is 59.3 Å². The topological polar surface area (TPSA) is 41.6 Å². The minimum absolute atomic E-state index is 0.100. The van der Waals surface area contributed by atoms with Crippen LogP contribution in [0.2, 0.25) is 0 Å². The highest BCUT2D eigenvalue weighted by Crippen LogP contribution is 2.26. The second-order valence-corrected chi connectivity index (χ2v) is 6.44. The number of hydrogen-bond acceptors (Lipinski definition) is 4. The number of carbonyl (C=O) groups is 1. The van der Waals surface area contributed by atoms with Gasteiger partial charge in [-0.15, -0.1) is 0 Å². The maximum atomic E-state index is 12.0. The highest BCUT2D eigenvalue weighted by molar-refractivity contribution is 5.75. The van der Waals surface area contributed by atoms with Crippen molar-refractivity contribution in [1.29, 1.82) is 0 Å². The van der Waals surface area contributed by atoms with Crippen LogP contribution in [0.25, 0.3) is 0 Å². The Labute approximate surface area is 130 Å². The Morgan fingerprint density at radius 3 is 2.52 bits per heavy atom. The van der Waals surface area contributed by atoms with Gasteiger partial charge in [-0.2, -0.15) is 0 Å². The van der Waals surface area contributed by atoms with Crippen molar-refractivity contribution in [3.8, 4) is 0 Å². The van der Waals surface area contributed by atoms with Crippen LogP contribution < -0.4 is 5.32 Å². The van der Waals surface area contributed by atoms with E-state index in [1.54, 1.807) is 0 Å². The molecule has 0 aromatic rings. The van der Waals surface area contributed by atoms with Crippen molar-refractivity contribution in [1.82, 2.24) is 10.2 Å². The van der Waals surface area contributed by atoms with Gasteiger partial charge in [0.05, 0.1) is 6.61 Å². The Hall–Kier alpha value is -0.610. The summed E-state index contributed by atoms with van der Waals surface area (Å²) in [4.78, 5) is 14.4.